The molecule has 0 spiro atoms. The van der Waals surface area contributed by atoms with Gasteiger partial charge >= 0.3 is 0 Å². The van der Waals surface area contributed by atoms with Gasteiger partial charge in [0, 0.05) is 18.3 Å². The molecule has 1 atom stereocenters. The van der Waals surface area contributed by atoms with E-state index in [1.165, 1.54) is 0 Å². The van der Waals surface area contributed by atoms with Crippen molar-refractivity contribution in [2.24, 2.45) is 7.05 Å². The van der Waals surface area contributed by atoms with Crippen LogP contribution >= 0.6 is 11.8 Å². The molecular formula is C12H23N3OS. The third-order valence-electron chi connectivity index (χ3n) is 2.65. The second-order valence-electron chi connectivity index (χ2n) is 4.68. The molecule has 1 unspecified atom stereocenters. The van der Waals surface area contributed by atoms with Gasteiger partial charge in [-0.2, -0.15) is 5.10 Å². The molecule has 0 bridgehead atoms. The second kappa shape index (κ2) is 6.42. The lowest BCUT2D eigenvalue weighted by Crippen LogP contribution is -2.48. The zero-order valence-electron chi connectivity index (χ0n) is 11.2. The Bertz CT molecular complexity index is 354. The maximum absolute atomic E-state index is 9.47. The zero-order chi connectivity index (χ0) is 12.9. The van der Waals surface area contributed by atoms with E-state index in [4.69, 9.17) is 0 Å². The summed E-state index contributed by atoms with van der Waals surface area (Å²) >= 11 is 1.73. The molecule has 1 aromatic heterocycles. The van der Waals surface area contributed by atoms with Gasteiger partial charge in [-0.1, -0.05) is 6.92 Å². The molecular weight excluding hydrogens is 234 g/mol. The van der Waals surface area contributed by atoms with Crippen LogP contribution in [-0.2, 0) is 7.05 Å². The summed E-state index contributed by atoms with van der Waals surface area (Å²) in [6, 6.07) is 2.07. The topological polar surface area (TPSA) is 50.1 Å². The van der Waals surface area contributed by atoms with Gasteiger partial charge in [-0.15, -0.1) is 11.8 Å². The Morgan fingerprint density at radius 2 is 2.29 bits per heavy atom. The van der Waals surface area contributed by atoms with Crippen molar-refractivity contribution in [3.8, 4) is 0 Å². The highest BCUT2D eigenvalue weighted by atomic mass is 32.2. The van der Waals surface area contributed by atoms with E-state index >= 15 is 0 Å². The van der Waals surface area contributed by atoms with Crippen LogP contribution in [0.5, 0.6) is 0 Å². The normalized spacial score (nSPS) is 14.9. The SMILES string of the molecule is CCCNC(C)(CO)CSc1cc(C)nn1C. The van der Waals surface area contributed by atoms with Gasteiger partial charge in [0.05, 0.1) is 17.3 Å². The number of aliphatic hydroxyl groups is 1. The lowest BCUT2D eigenvalue weighted by molar-refractivity contribution is 0.192. The largest absolute Gasteiger partial charge is 0.394 e. The number of hydrogen-bond acceptors (Lipinski definition) is 4. The van der Waals surface area contributed by atoms with Crippen LogP contribution in [0.2, 0.25) is 0 Å². The van der Waals surface area contributed by atoms with Crippen LogP contribution in [0.4, 0.5) is 0 Å². The molecule has 5 heteroatoms. The first kappa shape index (κ1) is 14.5. The number of rotatable bonds is 7. The third kappa shape index (κ3) is 4.33. The molecule has 2 N–H and O–H groups in total. The highest BCUT2D eigenvalue weighted by Gasteiger charge is 2.23. The van der Waals surface area contributed by atoms with Crippen molar-refractivity contribution < 1.29 is 5.11 Å². The predicted molar refractivity (Wildman–Crippen MR) is 72.5 cm³/mol. The van der Waals surface area contributed by atoms with Crippen LogP contribution in [0.25, 0.3) is 0 Å². The van der Waals surface area contributed by atoms with E-state index in [-0.39, 0.29) is 12.1 Å². The number of aliphatic hydroxyl groups excluding tert-OH is 1. The van der Waals surface area contributed by atoms with Gasteiger partial charge in [-0.05, 0) is 32.9 Å². The zero-order valence-corrected chi connectivity index (χ0v) is 12.0. The Morgan fingerprint density at radius 3 is 2.76 bits per heavy atom. The minimum absolute atomic E-state index is 0.150. The van der Waals surface area contributed by atoms with Gasteiger partial charge in [-0.3, -0.25) is 4.68 Å². The van der Waals surface area contributed by atoms with Crippen molar-refractivity contribution in [3.05, 3.63) is 11.8 Å². The predicted octanol–water partition coefficient (Wildman–Crippen LogP) is 1.57. The number of nitrogens with one attached hydrogen (secondary N) is 1. The van der Waals surface area contributed by atoms with Crippen LogP contribution in [0.3, 0.4) is 0 Å². The Labute approximate surface area is 108 Å². The van der Waals surface area contributed by atoms with Gasteiger partial charge in [0.2, 0.25) is 0 Å². The number of aromatic nitrogens is 2. The van der Waals surface area contributed by atoms with Crippen molar-refractivity contribution in [1.29, 1.82) is 0 Å². The average Bonchev–Trinajstić information content (AvgIpc) is 2.63. The summed E-state index contributed by atoms with van der Waals surface area (Å²) in [5.74, 6) is 0.836. The fraction of sp³-hybridized carbons (Fsp3) is 0.750. The molecule has 0 aromatic carbocycles. The molecule has 1 aromatic rings. The Hall–Kier alpha value is -0.520. The minimum atomic E-state index is -0.223. The van der Waals surface area contributed by atoms with Crippen LogP contribution < -0.4 is 5.32 Å². The number of aryl methyl sites for hydroxylation is 2. The lowest BCUT2D eigenvalue weighted by atomic mass is 10.1. The third-order valence-corrected chi connectivity index (χ3v) is 4.11. The molecule has 0 saturated carbocycles. The maximum atomic E-state index is 9.47. The number of hydrogen-bond donors (Lipinski definition) is 2. The molecule has 1 rings (SSSR count). The van der Waals surface area contributed by atoms with Crippen LogP contribution in [0.15, 0.2) is 11.1 Å². The monoisotopic (exact) mass is 257 g/mol. The summed E-state index contributed by atoms with van der Waals surface area (Å²) in [6.45, 7) is 7.25. The number of thioether (sulfide) groups is 1. The van der Waals surface area contributed by atoms with E-state index in [0.717, 1.165) is 29.4 Å². The van der Waals surface area contributed by atoms with Crippen molar-refractivity contribution in [2.75, 3.05) is 18.9 Å². The number of nitrogens with zero attached hydrogens (tertiary/aromatic N) is 2. The Kier molecular flexibility index (Phi) is 5.49. The van der Waals surface area contributed by atoms with Crippen LogP contribution in [0, 0.1) is 6.92 Å². The first-order chi connectivity index (χ1) is 8.00. The molecule has 17 heavy (non-hydrogen) atoms. The molecule has 0 fully saturated rings. The quantitative estimate of drug-likeness (QED) is 0.728. The van der Waals surface area contributed by atoms with Gasteiger partial charge in [-0.25, -0.2) is 0 Å². The van der Waals surface area contributed by atoms with Gasteiger partial charge in [0.1, 0.15) is 0 Å². The molecule has 1 heterocycles. The van der Waals surface area contributed by atoms with E-state index in [0.29, 0.717) is 0 Å². The average molecular weight is 257 g/mol. The maximum Gasteiger partial charge on any atom is 0.0939 e. The van der Waals surface area contributed by atoms with Crippen LogP contribution in [-0.4, -0.2) is 39.3 Å². The van der Waals surface area contributed by atoms with Gasteiger partial charge < -0.3 is 10.4 Å². The van der Waals surface area contributed by atoms with Gasteiger partial charge in [0.25, 0.3) is 0 Å². The lowest BCUT2D eigenvalue weighted by Gasteiger charge is -2.28. The summed E-state index contributed by atoms with van der Waals surface area (Å²) in [5.41, 5.74) is 0.806. The fourth-order valence-corrected chi connectivity index (χ4v) is 2.68. The van der Waals surface area contributed by atoms with Crippen molar-refractivity contribution in [1.82, 2.24) is 15.1 Å². The molecule has 98 valence electrons. The summed E-state index contributed by atoms with van der Waals surface area (Å²) in [7, 11) is 1.95. The molecule has 0 amide bonds. The van der Waals surface area contributed by atoms with E-state index in [1.54, 1.807) is 11.8 Å². The Balaban J connectivity index is 2.55. The highest BCUT2D eigenvalue weighted by Crippen LogP contribution is 2.22. The Morgan fingerprint density at radius 1 is 1.59 bits per heavy atom. The molecule has 0 aliphatic rings. The fourth-order valence-electron chi connectivity index (χ4n) is 1.53. The molecule has 0 radical (unpaired) electrons. The van der Waals surface area contributed by atoms with E-state index in [2.05, 4.69) is 30.3 Å². The minimum Gasteiger partial charge on any atom is -0.394 e. The highest BCUT2D eigenvalue weighted by molar-refractivity contribution is 7.99. The van der Waals surface area contributed by atoms with Crippen LogP contribution in [0.1, 0.15) is 26.0 Å². The molecule has 0 aliphatic heterocycles. The van der Waals surface area contributed by atoms with Gasteiger partial charge in [0.15, 0.2) is 0 Å². The van der Waals surface area contributed by atoms with E-state index in [1.807, 2.05) is 18.7 Å². The standard InChI is InChI=1S/C12H23N3OS/c1-5-6-13-12(3,8-16)9-17-11-7-10(2)14-15(11)4/h7,13,16H,5-6,8-9H2,1-4H3. The summed E-state index contributed by atoms with van der Waals surface area (Å²) in [6.07, 6.45) is 1.07. The summed E-state index contributed by atoms with van der Waals surface area (Å²) in [5, 5.41) is 18.3. The molecule has 4 nitrogen and oxygen atoms in total. The second-order valence-corrected chi connectivity index (χ2v) is 5.68. The van der Waals surface area contributed by atoms with Crippen molar-refractivity contribution >= 4 is 11.8 Å². The van der Waals surface area contributed by atoms with E-state index in [9.17, 15) is 5.11 Å². The molecule has 0 aliphatic carbocycles. The first-order valence-electron chi connectivity index (χ1n) is 6.00. The van der Waals surface area contributed by atoms with E-state index < -0.39 is 0 Å². The smallest absolute Gasteiger partial charge is 0.0939 e. The van der Waals surface area contributed by atoms with Crippen molar-refractivity contribution in [3.63, 3.8) is 0 Å². The summed E-state index contributed by atoms with van der Waals surface area (Å²) in [4.78, 5) is 0. The van der Waals surface area contributed by atoms with Crippen molar-refractivity contribution in [2.45, 2.75) is 37.8 Å². The molecule has 0 saturated heterocycles. The first-order valence-corrected chi connectivity index (χ1v) is 6.98. The summed E-state index contributed by atoms with van der Waals surface area (Å²) < 4.78 is 1.89.